The first-order valence-electron chi connectivity index (χ1n) is 7.68. The van der Waals surface area contributed by atoms with Crippen LogP contribution in [0.15, 0.2) is 29.2 Å². The van der Waals surface area contributed by atoms with Crippen molar-refractivity contribution in [2.24, 2.45) is 13.0 Å². The van der Waals surface area contributed by atoms with Crippen LogP contribution in [0.1, 0.15) is 42.6 Å². The number of nitrogens with zero attached hydrogens (tertiary/aromatic N) is 4. The number of aryl methyl sites for hydroxylation is 1. The molecule has 0 fully saturated rings. The quantitative estimate of drug-likeness (QED) is 0.729. The number of aromatic nitrogens is 4. The maximum absolute atomic E-state index is 12.6. The van der Waals surface area contributed by atoms with Crippen molar-refractivity contribution in [2.75, 3.05) is 0 Å². The van der Waals surface area contributed by atoms with Crippen molar-refractivity contribution in [3.63, 3.8) is 0 Å². The van der Waals surface area contributed by atoms with E-state index in [1.807, 2.05) is 24.6 Å². The van der Waals surface area contributed by atoms with Gasteiger partial charge in [0.15, 0.2) is 0 Å². The van der Waals surface area contributed by atoms with Crippen molar-refractivity contribution < 1.29 is 4.79 Å². The number of thiazole rings is 1. The molecule has 1 unspecified atom stereocenters. The molecule has 6 nitrogen and oxygen atoms in total. The molecule has 126 valence electrons. The van der Waals surface area contributed by atoms with E-state index in [1.165, 1.54) is 17.7 Å². The molecule has 1 N–H and O–H groups in total. The molecule has 0 bridgehead atoms. The zero-order valence-corrected chi connectivity index (χ0v) is 15.4. The molecule has 0 radical (unpaired) electrons. The lowest BCUT2D eigenvalue weighted by Gasteiger charge is -2.19. The summed E-state index contributed by atoms with van der Waals surface area (Å²) in [4.78, 5) is 22.4. The standard InChI is InChI=1S/C16H19N5OS2/c1-10(2)7-11(14-17-9-18-21(14)3)19-15(22)12-8-24-16(20-12)13-5-4-6-23-13/h4-6,8-11H,7H2,1-3H3,(H,19,22). The summed E-state index contributed by atoms with van der Waals surface area (Å²) in [6.45, 7) is 4.24. The second kappa shape index (κ2) is 7.23. The molecule has 1 amide bonds. The van der Waals surface area contributed by atoms with E-state index in [0.29, 0.717) is 11.6 Å². The van der Waals surface area contributed by atoms with Crippen LogP contribution in [0.25, 0.3) is 9.88 Å². The lowest BCUT2D eigenvalue weighted by atomic mass is 10.0. The monoisotopic (exact) mass is 361 g/mol. The molecule has 0 saturated heterocycles. The van der Waals surface area contributed by atoms with Gasteiger partial charge in [0.1, 0.15) is 22.9 Å². The molecule has 0 aliphatic carbocycles. The van der Waals surface area contributed by atoms with Gasteiger partial charge in [0, 0.05) is 12.4 Å². The van der Waals surface area contributed by atoms with Crippen LogP contribution in [0.2, 0.25) is 0 Å². The molecule has 24 heavy (non-hydrogen) atoms. The summed E-state index contributed by atoms with van der Waals surface area (Å²) < 4.78 is 1.70. The number of thiophene rings is 1. The van der Waals surface area contributed by atoms with E-state index in [9.17, 15) is 4.79 Å². The second-order valence-corrected chi connectivity index (χ2v) is 7.72. The van der Waals surface area contributed by atoms with Gasteiger partial charge in [0.25, 0.3) is 5.91 Å². The van der Waals surface area contributed by atoms with Crippen LogP contribution in [-0.2, 0) is 7.05 Å². The summed E-state index contributed by atoms with van der Waals surface area (Å²) in [6.07, 6.45) is 2.30. The van der Waals surface area contributed by atoms with Crippen LogP contribution < -0.4 is 5.32 Å². The minimum absolute atomic E-state index is 0.178. The van der Waals surface area contributed by atoms with Gasteiger partial charge in [0.2, 0.25) is 0 Å². The zero-order valence-electron chi connectivity index (χ0n) is 13.8. The molecular formula is C16H19N5OS2. The molecule has 3 rings (SSSR count). The van der Waals surface area contributed by atoms with Crippen molar-refractivity contribution in [3.8, 4) is 9.88 Å². The summed E-state index contributed by atoms with van der Waals surface area (Å²) in [5.74, 6) is 0.998. The molecule has 3 aromatic heterocycles. The molecule has 0 spiro atoms. The topological polar surface area (TPSA) is 72.7 Å². The predicted molar refractivity (Wildman–Crippen MR) is 96.1 cm³/mol. The molecule has 8 heteroatoms. The fraction of sp³-hybridized carbons (Fsp3) is 0.375. The molecule has 3 aromatic rings. The summed E-state index contributed by atoms with van der Waals surface area (Å²) in [5, 5.41) is 11.8. The van der Waals surface area contributed by atoms with Crippen molar-refractivity contribution >= 4 is 28.6 Å². The fourth-order valence-corrected chi connectivity index (χ4v) is 4.06. The Kier molecular flexibility index (Phi) is 5.06. The average Bonchev–Trinajstić information content (AvgIpc) is 3.27. The summed E-state index contributed by atoms with van der Waals surface area (Å²) in [5.41, 5.74) is 0.444. The first kappa shape index (κ1) is 16.8. The molecular weight excluding hydrogens is 342 g/mol. The van der Waals surface area contributed by atoms with E-state index in [2.05, 4.69) is 34.2 Å². The van der Waals surface area contributed by atoms with Gasteiger partial charge in [-0.1, -0.05) is 19.9 Å². The van der Waals surface area contributed by atoms with Gasteiger partial charge in [-0.05, 0) is 23.8 Å². The van der Waals surface area contributed by atoms with Crippen LogP contribution in [0.5, 0.6) is 0 Å². The lowest BCUT2D eigenvalue weighted by Crippen LogP contribution is -2.31. The Balaban J connectivity index is 1.77. The van der Waals surface area contributed by atoms with Gasteiger partial charge in [0.05, 0.1) is 10.9 Å². The average molecular weight is 361 g/mol. The number of carbonyl (C=O) groups is 1. The number of nitrogens with one attached hydrogen (secondary N) is 1. The fourth-order valence-electron chi connectivity index (χ4n) is 2.44. The van der Waals surface area contributed by atoms with Gasteiger partial charge >= 0.3 is 0 Å². The Bertz CT molecular complexity index is 806. The van der Waals surface area contributed by atoms with Gasteiger partial charge in [-0.25, -0.2) is 9.97 Å². The molecule has 0 aliphatic rings. The van der Waals surface area contributed by atoms with E-state index >= 15 is 0 Å². The van der Waals surface area contributed by atoms with Crippen molar-refractivity contribution in [1.29, 1.82) is 0 Å². The highest BCUT2D eigenvalue weighted by Gasteiger charge is 2.22. The van der Waals surface area contributed by atoms with Crippen molar-refractivity contribution in [1.82, 2.24) is 25.1 Å². The SMILES string of the molecule is CC(C)CC(NC(=O)c1csc(-c2cccs2)n1)c1ncnn1C. The summed E-state index contributed by atoms with van der Waals surface area (Å²) in [6, 6.07) is 3.80. The highest BCUT2D eigenvalue weighted by atomic mass is 32.1. The van der Waals surface area contributed by atoms with Crippen LogP contribution in [0, 0.1) is 5.92 Å². The Morgan fingerprint density at radius 2 is 2.21 bits per heavy atom. The molecule has 0 aliphatic heterocycles. The lowest BCUT2D eigenvalue weighted by molar-refractivity contribution is 0.0924. The second-order valence-electron chi connectivity index (χ2n) is 5.91. The highest BCUT2D eigenvalue weighted by Crippen LogP contribution is 2.28. The highest BCUT2D eigenvalue weighted by molar-refractivity contribution is 7.20. The first-order valence-corrected chi connectivity index (χ1v) is 9.44. The van der Waals surface area contributed by atoms with Crippen molar-refractivity contribution in [3.05, 3.63) is 40.7 Å². The molecule has 3 heterocycles. The minimum Gasteiger partial charge on any atom is -0.341 e. The van der Waals surface area contributed by atoms with E-state index in [1.54, 1.807) is 21.4 Å². The van der Waals surface area contributed by atoms with Gasteiger partial charge in [-0.2, -0.15) is 5.10 Å². The van der Waals surface area contributed by atoms with Gasteiger partial charge in [-0.15, -0.1) is 22.7 Å². The van der Waals surface area contributed by atoms with E-state index in [-0.39, 0.29) is 11.9 Å². The Hall–Kier alpha value is -2.06. The number of carbonyl (C=O) groups excluding carboxylic acids is 1. The Morgan fingerprint density at radius 1 is 1.38 bits per heavy atom. The van der Waals surface area contributed by atoms with E-state index in [0.717, 1.165) is 22.1 Å². The predicted octanol–water partition coefficient (Wildman–Crippen LogP) is 3.52. The van der Waals surface area contributed by atoms with E-state index < -0.39 is 0 Å². The third kappa shape index (κ3) is 3.70. The molecule has 0 aromatic carbocycles. The largest absolute Gasteiger partial charge is 0.341 e. The third-order valence-corrected chi connectivity index (χ3v) is 5.42. The third-order valence-electron chi connectivity index (χ3n) is 3.54. The Labute approximate surface area is 148 Å². The Morgan fingerprint density at radius 3 is 2.83 bits per heavy atom. The maximum Gasteiger partial charge on any atom is 0.271 e. The molecule has 0 saturated carbocycles. The maximum atomic E-state index is 12.6. The van der Waals surface area contributed by atoms with Crippen LogP contribution in [0.3, 0.4) is 0 Å². The van der Waals surface area contributed by atoms with Gasteiger partial charge < -0.3 is 5.32 Å². The number of hydrogen-bond acceptors (Lipinski definition) is 6. The number of amides is 1. The normalized spacial score (nSPS) is 12.5. The van der Waals surface area contributed by atoms with Crippen molar-refractivity contribution in [2.45, 2.75) is 26.3 Å². The first-order chi connectivity index (χ1) is 11.5. The van der Waals surface area contributed by atoms with Crippen LogP contribution in [-0.4, -0.2) is 25.7 Å². The summed E-state index contributed by atoms with van der Waals surface area (Å²) >= 11 is 3.10. The summed E-state index contributed by atoms with van der Waals surface area (Å²) in [7, 11) is 1.83. The number of hydrogen-bond donors (Lipinski definition) is 1. The minimum atomic E-state index is -0.183. The number of rotatable bonds is 6. The smallest absolute Gasteiger partial charge is 0.271 e. The van der Waals surface area contributed by atoms with Crippen LogP contribution >= 0.6 is 22.7 Å². The zero-order chi connectivity index (χ0) is 17.1. The van der Waals surface area contributed by atoms with E-state index in [4.69, 9.17) is 0 Å². The van der Waals surface area contributed by atoms with Crippen LogP contribution in [0.4, 0.5) is 0 Å². The molecule has 1 atom stereocenters. The van der Waals surface area contributed by atoms with Gasteiger partial charge in [-0.3, -0.25) is 9.48 Å².